The summed E-state index contributed by atoms with van der Waals surface area (Å²) in [6.45, 7) is 3.31. The van der Waals surface area contributed by atoms with Gasteiger partial charge in [0.2, 0.25) is 0 Å². The summed E-state index contributed by atoms with van der Waals surface area (Å²) in [5, 5.41) is 11.6. The number of nitrogens with zero attached hydrogens (tertiary/aromatic N) is 1. The Kier molecular flexibility index (Phi) is 4.80. The van der Waals surface area contributed by atoms with E-state index in [-0.39, 0.29) is 5.56 Å². The zero-order valence-corrected chi connectivity index (χ0v) is 12.7. The zero-order chi connectivity index (χ0) is 17.0. The van der Waals surface area contributed by atoms with Crippen molar-refractivity contribution in [2.45, 2.75) is 13.8 Å². The van der Waals surface area contributed by atoms with E-state index in [1.54, 1.807) is 0 Å². The second kappa shape index (κ2) is 6.78. The number of carbonyl (C=O) groups is 2. The van der Waals surface area contributed by atoms with Gasteiger partial charge in [0, 0.05) is 11.8 Å². The number of anilines is 1. The van der Waals surface area contributed by atoms with Gasteiger partial charge >= 0.3 is 5.97 Å². The van der Waals surface area contributed by atoms with Crippen molar-refractivity contribution in [3.8, 4) is 0 Å². The number of hydrogen-bond donors (Lipinski definition) is 2. The van der Waals surface area contributed by atoms with Crippen molar-refractivity contribution in [3.63, 3.8) is 0 Å². The monoisotopic (exact) mass is 316 g/mol. The molecular formula is C16H16N2O5. The van der Waals surface area contributed by atoms with Gasteiger partial charge in [-0.3, -0.25) is 9.59 Å². The van der Waals surface area contributed by atoms with Crippen LogP contribution < -0.4 is 15.7 Å². The van der Waals surface area contributed by atoms with E-state index >= 15 is 0 Å². The Bertz CT molecular complexity index is 790. The van der Waals surface area contributed by atoms with Gasteiger partial charge < -0.3 is 15.3 Å². The van der Waals surface area contributed by atoms with Crippen LogP contribution in [0.4, 0.5) is 5.69 Å². The Morgan fingerprint density at radius 3 is 2.43 bits per heavy atom. The smallest absolute Gasteiger partial charge is 0.337 e. The quantitative estimate of drug-likeness (QED) is 0.864. The van der Waals surface area contributed by atoms with Gasteiger partial charge in [-0.1, -0.05) is 18.2 Å². The van der Waals surface area contributed by atoms with Gasteiger partial charge in [0.1, 0.15) is 0 Å². The Morgan fingerprint density at radius 1 is 1.17 bits per heavy atom. The van der Waals surface area contributed by atoms with E-state index in [1.807, 2.05) is 32.0 Å². The number of carbonyl (C=O) groups excluding carboxylic acids is 1. The molecule has 0 fully saturated rings. The lowest BCUT2D eigenvalue weighted by Crippen LogP contribution is -2.32. The van der Waals surface area contributed by atoms with Crippen LogP contribution in [0.3, 0.4) is 0 Å². The van der Waals surface area contributed by atoms with Crippen molar-refractivity contribution in [3.05, 3.63) is 63.6 Å². The molecule has 1 heterocycles. The summed E-state index contributed by atoms with van der Waals surface area (Å²) in [6, 6.07) is 7.84. The summed E-state index contributed by atoms with van der Waals surface area (Å²) in [5.74, 6) is -1.64. The molecule has 7 heteroatoms. The lowest BCUT2D eigenvalue weighted by atomic mass is 10.1. The number of hydrogen-bond acceptors (Lipinski definition) is 4. The molecule has 0 aliphatic carbocycles. The Hall–Kier alpha value is -3.09. The summed E-state index contributed by atoms with van der Waals surface area (Å²) >= 11 is 0. The fourth-order valence-electron chi connectivity index (χ4n) is 2.01. The van der Waals surface area contributed by atoms with Crippen molar-refractivity contribution in [2.75, 3.05) is 11.9 Å². The number of rotatable bonds is 5. The van der Waals surface area contributed by atoms with Crippen LogP contribution in [-0.4, -0.2) is 28.3 Å². The van der Waals surface area contributed by atoms with Crippen LogP contribution in [0.2, 0.25) is 0 Å². The molecule has 2 rings (SSSR count). The largest absolute Gasteiger partial charge is 0.478 e. The number of pyridine rings is 1. The molecule has 0 atom stereocenters. The van der Waals surface area contributed by atoms with E-state index in [9.17, 15) is 14.4 Å². The summed E-state index contributed by atoms with van der Waals surface area (Å²) in [7, 11) is 0. The molecule has 1 aromatic heterocycles. The molecule has 0 aliphatic heterocycles. The summed E-state index contributed by atoms with van der Waals surface area (Å²) < 4.78 is 0.730. The molecule has 2 aromatic rings. The average Bonchev–Trinajstić information content (AvgIpc) is 2.50. The third kappa shape index (κ3) is 3.97. The summed E-state index contributed by atoms with van der Waals surface area (Å²) in [6.07, 6.45) is 1.02. The fraction of sp³-hybridized carbons (Fsp3) is 0.188. The van der Waals surface area contributed by atoms with E-state index in [0.29, 0.717) is 5.69 Å². The van der Waals surface area contributed by atoms with Crippen LogP contribution >= 0.6 is 0 Å². The first-order valence-corrected chi connectivity index (χ1v) is 6.84. The maximum Gasteiger partial charge on any atom is 0.337 e. The highest BCUT2D eigenvalue weighted by atomic mass is 16.7. The maximum absolute atomic E-state index is 12.0. The van der Waals surface area contributed by atoms with Crippen LogP contribution in [0, 0.1) is 13.8 Å². The summed E-state index contributed by atoms with van der Waals surface area (Å²) in [5.41, 5.74) is 1.83. The Morgan fingerprint density at radius 2 is 1.83 bits per heavy atom. The van der Waals surface area contributed by atoms with Gasteiger partial charge in [-0.2, -0.15) is 4.73 Å². The normalized spacial score (nSPS) is 10.2. The van der Waals surface area contributed by atoms with Gasteiger partial charge in [0.05, 0.1) is 11.8 Å². The standard InChI is InChI=1S/C16H16N2O5/c1-10-4-3-5-11(2)15(10)17-13(19)9-23-18-8-12(16(21)22)6-7-14(18)20/h3-8H,9H2,1-2H3,(H,17,19)(H,21,22). The van der Waals surface area contributed by atoms with Crippen molar-refractivity contribution in [1.82, 2.24) is 4.73 Å². The molecule has 7 nitrogen and oxygen atoms in total. The van der Waals surface area contributed by atoms with Crippen LogP contribution in [0.1, 0.15) is 21.5 Å². The van der Waals surface area contributed by atoms with E-state index in [4.69, 9.17) is 9.94 Å². The van der Waals surface area contributed by atoms with Crippen molar-refractivity contribution in [1.29, 1.82) is 0 Å². The van der Waals surface area contributed by atoms with Crippen LogP contribution in [0.25, 0.3) is 0 Å². The first kappa shape index (κ1) is 16.3. The molecule has 2 N–H and O–H groups in total. The SMILES string of the molecule is Cc1cccc(C)c1NC(=O)COn1cc(C(=O)O)ccc1=O. The van der Waals surface area contributed by atoms with Gasteiger partial charge in [-0.25, -0.2) is 4.79 Å². The predicted octanol–water partition coefficient (Wildman–Crippen LogP) is 1.23. The molecule has 120 valence electrons. The third-order valence-corrected chi connectivity index (χ3v) is 3.21. The minimum Gasteiger partial charge on any atom is -0.478 e. The highest BCUT2D eigenvalue weighted by molar-refractivity contribution is 5.93. The Labute approximate surface area is 132 Å². The molecule has 1 aromatic carbocycles. The summed E-state index contributed by atoms with van der Waals surface area (Å²) in [4.78, 5) is 39.5. The fourth-order valence-corrected chi connectivity index (χ4v) is 2.01. The minimum atomic E-state index is -1.19. The first-order valence-electron chi connectivity index (χ1n) is 6.84. The number of amides is 1. The number of benzene rings is 1. The third-order valence-electron chi connectivity index (χ3n) is 3.21. The number of para-hydroxylation sites is 1. The molecule has 0 unspecified atom stereocenters. The van der Waals surface area contributed by atoms with E-state index in [0.717, 1.165) is 28.1 Å². The molecule has 23 heavy (non-hydrogen) atoms. The highest BCUT2D eigenvalue weighted by Gasteiger charge is 2.10. The lowest BCUT2D eigenvalue weighted by molar-refractivity contribution is -0.120. The van der Waals surface area contributed by atoms with Crippen molar-refractivity contribution >= 4 is 17.6 Å². The van der Waals surface area contributed by atoms with Gasteiger partial charge in [-0.15, -0.1) is 0 Å². The molecule has 0 aliphatic rings. The van der Waals surface area contributed by atoms with Crippen molar-refractivity contribution < 1.29 is 19.5 Å². The van der Waals surface area contributed by atoms with Crippen LogP contribution in [-0.2, 0) is 4.79 Å². The number of carboxylic acids is 1. The number of aromatic nitrogens is 1. The number of aryl methyl sites for hydroxylation is 2. The molecular weight excluding hydrogens is 300 g/mol. The molecule has 0 bridgehead atoms. The molecule has 0 radical (unpaired) electrons. The molecule has 0 saturated heterocycles. The van der Waals surface area contributed by atoms with E-state index in [1.165, 1.54) is 6.07 Å². The maximum atomic E-state index is 12.0. The second-order valence-corrected chi connectivity index (χ2v) is 4.98. The van der Waals surface area contributed by atoms with E-state index < -0.39 is 24.0 Å². The van der Waals surface area contributed by atoms with Crippen LogP contribution in [0.15, 0.2) is 41.3 Å². The predicted molar refractivity (Wildman–Crippen MR) is 83.7 cm³/mol. The van der Waals surface area contributed by atoms with E-state index in [2.05, 4.69) is 5.32 Å². The highest BCUT2D eigenvalue weighted by Crippen LogP contribution is 2.18. The number of nitrogens with one attached hydrogen (secondary N) is 1. The molecule has 1 amide bonds. The Balaban J connectivity index is 2.06. The van der Waals surface area contributed by atoms with Crippen LogP contribution in [0.5, 0.6) is 0 Å². The van der Waals surface area contributed by atoms with Gasteiger partial charge in [0.25, 0.3) is 11.5 Å². The number of aromatic carboxylic acids is 1. The zero-order valence-electron chi connectivity index (χ0n) is 12.7. The molecule has 0 saturated carbocycles. The second-order valence-electron chi connectivity index (χ2n) is 4.98. The van der Waals surface area contributed by atoms with Gasteiger partial charge in [0.15, 0.2) is 6.61 Å². The molecule has 0 spiro atoms. The van der Waals surface area contributed by atoms with Crippen molar-refractivity contribution in [2.24, 2.45) is 0 Å². The first-order chi connectivity index (χ1) is 10.9. The average molecular weight is 316 g/mol. The topological polar surface area (TPSA) is 97.6 Å². The van der Waals surface area contributed by atoms with Gasteiger partial charge in [-0.05, 0) is 31.0 Å². The number of carboxylic acid groups (broad SMARTS) is 1. The lowest BCUT2D eigenvalue weighted by Gasteiger charge is -2.12. The minimum absolute atomic E-state index is 0.111.